The number of hydrogen-bond acceptors (Lipinski definition) is 1. The second-order valence-electron chi connectivity index (χ2n) is 9.55. The van der Waals surface area contributed by atoms with E-state index in [2.05, 4.69) is 42.7 Å². The molecule has 1 aromatic heterocycles. The highest BCUT2D eigenvalue weighted by Crippen LogP contribution is 2.56. The molecule has 1 fully saturated rings. The Bertz CT molecular complexity index is 1240. The number of aryl methyl sites for hydroxylation is 3. The van der Waals surface area contributed by atoms with Crippen LogP contribution in [0.15, 0.2) is 54.7 Å². The molecule has 3 aromatic rings. The lowest BCUT2D eigenvalue weighted by Crippen LogP contribution is -2.45. The Morgan fingerprint density at radius 2 is 1.77 bits per heavy atom. The Balaban J connectivity index is 1.69. The predicted molar refractivity (Wildman–Crippen MR) is 123 cm³/mol. The molecule has 2 nitrogen and oxygen atoms in total. The molecule has 30 heavy (non-hydrogen) atoms. The van der Waals surface area contributed by atoms with Gasteiger partial charge in [0.05, 0.1) is 0 Å². The molecule has 1 aliphatic heterocycles. The third kappa shape index (κ3) is 2.73. The van der Waals surface area contributed by atoms with Crippen molar-refractivity contribution in [1.82, 2.24) is 0 Å². The van der Waals surface area contributed by atoms with E-state index in [4.69, 9.17) is 8.85 Å². The fourth-order valence-electron chi connectivity index (χ4n) is 5.57. The summed E-state index contributed by atoms with van der Waals surface area (Å²) in [7, 11) is 2.01. The quantitative estimate of drug-likeness (QED) is 0.450. The first-order valence-corrected chi connectivity index (χ1v) is 11.0. The number of rotatable bonds is 2. The summed E-state index contributed by atoms with van der Waals surface area (Å²) in [5, 5.41) is 0. The molecule has 0 amide bonds. The van der Waals surface area contributed by atoms with E-state index in [-0.39, 0.29) is 11.0 Å². The Labute approximate surface area is 184 Å². The minimum absolute atomic E-state index is 0.0551. The first-order chi connectivity index (χ1) is 15.5. The topological polar surface area (TPSA) is 13.1 Å². The summed E-state index contributed by atoms with van der Waals surface area (Å²) in [6.45, 7) is 4.36. The van der Waals surface area contributed by atoms with Gasteiger partial charge >= 0.3 is 0 Å². The molecular formula is C28H32NO+. The summed E-state index contributed by atoms with van der Waals surface area (Å²) < 4.78 is 33.4. The van der Waals surface area contributed by atoms with Gasteiger partial charge in [-0.3, -0.25) is 0 Å². The molecule has 0 saturated heterocycles. The Hall–Kier alpha value is -2.61. The average Bonchev–Trinajstić information content (AvgIpc) is 3.31. The first-order valence-electron chi connectivity index (χ1n) is 12.5. The van der Waals surface area contributed by atoms with Crippen LogP contribution in [0.2, 0.25) is 0 Å². The van der Waals surface area contributed by atoms with Crippen LogP contribution in [0.1, 0.15) is 60.3 Å². The molecule has 0 N–H and O–H groups in total. The highest BCUT2D eigenvalue weighted by Gasteiger charge is 2.55. The number of pyridine rings is 1. The van der Waals surface area contributed by atoms with E-state index in [9.17, 15) is 0 Å². The maximum Gasteiger partial charge on any atom is 0.212 e. The van der Waals surface area contributed by atoms with Gasteiger partial charge in [0, 0.05) is 32.8 Å². The van der Waals surface area contributed by atoms with Crippen LogP contribution >= 0.6 is 0 Å². The number of aromatic nitrogens is 1. The Morgan fingerprint density at radius 1 is 0.967 bits per heavy atom. The molecule has 1 spiro atoms. The van der Waals surface area contributed by atoms with Gasteiger partial charge in [0.15, 0.2) is 6.20 Å². The van der Waals surface area contributed by atoms with Crippen LogP contribution in [-0.4, -0.2) is 5.60 Å². The third-order valence-electron chi connectivity index (χ3n) is 7.52. The lowest BCUT2D eigenvalue weighted by atomic mass is 9.70. The minimum Gasteiger partial charge on any atom is -0.486 e. The molecule has 154 valence electrons. The largest absolute Gasteiger partial charge is 0.486 e. The molecule has 2 aliphatic rings. The zero-order valence-electron chi connectivity index (χ0n) is 21.4. The summed E-state index contributed by atoms with van der Waals surface area (Å²) in [5.41, 5.74) is 6.10. The third-order valence-corrected chi connectivity index (χ3v) is 7.52. The fraction of sp³-hybridized carbons (Fsp3) is 0.393. The van der Waals surface area contributed by atoms with Crippen LogP contribution in [-0.2, 0) is 12.5 Å². The van der Waals surface area contributed by atoms with Gasteiger partial charge in [-0.1, -0.05) is 32.0 Å². The molecule has 0 radical (unpaired) electrons. The molecule has 2 aromatic carbocycles. The van der Waals surface area contributed by atoms with Crippen LogP contribution in [0.25, 0.3) is 22.4 Å². The van der Waals surface area contributed by atoms with E-state index in [1.165, 1.54) is 18.4 Å². The monoisotopic (exact) mass is 401 g/mol. The van der Waals surface area contributed by atoms with Gasteiger partial charge in [0.1, 0.15) is 18.4 Å². The Morgan fingerprint density at radius 3 is 2.50 bits per heavy atom. The maximum absolute atomic E-state index is 8.22. The van der Waals surface area contributed by atoms with Crippen LogP contribution in [0.5, 0.6) is 5.75 Å². The number of benzene rings is 2. The molecule has 1 saturated carbocycles. The molecule has 0 atom stereocenters. The summed E-state index contributed by atoms with van der Waals surface area (Å²) in [4.78, 5) is 0. The lowest BCUT2D eigenvalue weighted by Gasteiger charge is -2.36. The van der Waals surface area contributed by atoms with Crippen molar-refractivity contribution in [3.8, 4) is 28.1 Å². The summed E-state index contributed by atoms with van der Waals surface area (Å²) >= 11 is 0. The van der Waals surface area contributed by atoms with Crippen molar-refractivity contribution in [2.75, 3.05) is 0 Å². The molecule has 2 heterocycles. The van der Waals surface area contributed by atoms with Gasteiger partial charge in [-0.15, -0.1) is 0 Å². The molecule has 1 aliphatic carbocycles. The van der Waals surface area contributed by atoms with Crippen LogP contribution in [0, 0.1) is 13.8 Å². The molecular weight excluding hydrogens is 366 g/mol. The average molecular weight is 402 g/mol. The van der Waals surface area contributed by atoms with E-state index in [1.54, 1.807) is 0 Å². The van der Waals surface area contributed by atoms with E-state index >= 15 is 0 Å². The van der Waals surface area contributed by atoms with Gasteiger partial charge < -0.3 is 4.74 Å². The summed E-state index contributed by atoms with van der Waals surface area (Å²) in [6, 6.07) is 16.3. The molecule has 2 heteroatoms. The number of fused-ring (bicyclic) bond motifs is 1. The summed E-state index contributed by atoms with van der Waals surface area (Å²) in [5.74, 6) is 0.906. The normalized spacial score (nSPS) is 20.3. The van der Waals surface area contributed by atoms with Crippen LogP contribution in [0.4, 0.5) is 0 Å². The van der Waals surface area contributed by atoms with Crippen molar-refractivity contribution in [2.45, 2.75) is 64.3 Å². The van der Waals surface area contributed by atoms with E-state index in [1.807, 2.05) is 44.4 Å². The van der Waals surface area contributed by atoms with Gasteiger partial charge in [-0.05, 0) is 79.9 Å². The van der Waals surface area contributed by atoms with Gasteiger partial charge in [-0.2, -0.15) is 0 Å². The Kier molecular flexibility index (Phi) is 3.60. The van der Waals surface area contributed by atoms with Crippen molar-refractivity contribution < 1.29 is 13.4 Å². The molecule has 0 bridgehead atoms. The van der Waals surface area contributed by atoms with Crippen molar-refractivity contribution in [3.63, 3.8) is 0 Å². The lowest BCUT2D eigenvalue weighted by molar-refractivity contribution is -0.660. The molecule has 0 unspecified atom stereocenters. The first kappa shape index (κ1) is 16.1. The van der Waals surface area contributed by atoms with Crippen molar-refractivity contribution in [1.29, 1.82) is 0 Å². The number of hydrogen-bond donors (Lipinski definition) is 0. The van der Waals surface area contributed by atoms with Gasteiger partial charge in [0.2, 0.25) is 5.69 Å². The standard InChI is InChI=1S/C28H32NO/c1-19-16-20(2)23(25-10-6-9-15-29(25)5)18-22(19)21-11-12-24-26(17-21)30-28(27(24,3)4)13-7-8-14-28/h6,9-12,15-18H,7-8,13-14H2,1-5H3/q+1/i1D3. The summed E-state index contributed by atoms with van der Waals surface area (Å²) in [6.07, 6.45) is 6.55. The number of nitrogens with zero attached hydrogens (tertiary/aromatic N) is 1. The van der Waals surface area contributed by atoms with Gasteiger partial charge in [-0.25, -0.2) is 4.57 Å². The van der Waals surface area contributed by atoms with Crippen molar-refractivity contribution in [3.05, 3.63) is 71.4 Å². The van der Waals surface area contributed by atoms with Crippen molar-refractivity contribution in [2.24, 2.45) is 7.05 Å². The predicted octanol–water partition coefficient (Wildman–Crippen LogP) is 6.44. The SMILES string of the molecule is [2H]C([2H])([2H])c1cc(C)c(-c2cccc[n+]2C)cc1-c1ccc2c(c1)OC1(CCCC1)C2(C)C. The second kappa shape index (κ2) is 6.70. The van der Waals surface area contributed by atoms with E-state index in [0.29, 0.717) is 5.56 Å². The van der Waals surface area contributed by atoms with E-state index < -0.39 is 6.85 Å². The fourth-order valence-corrected chi connectivity index (χ4v) is 5.57. The van der Waals surface area contributed by atoms with E-state index in [0.717, 1.165) is 46.5 Å². The second-order valence-corrected chi connectivity index (χ2v) is 9.55. The highest BCUT2D eigenvalue weighted by atomic mass is 16.5. The van der Waals surface area contributed by atoms with Crippen LogP contribution in [0.3, 0.4) is 0 Å². The smallest absolute Gasteiger partial charge is 0.212 e. The van der Waals surface area contributed by atoms with Crippen molar-refractivity contribution >= 4 is 0 Å². The maximum atomic E-state index is 8.22. The minimum atomic E-state index is -2.21. The zero-order valence-corrected chi connectivity index (χ0v) is 18.4. The van der Waals surface area contributed by atoms with Gasteiger partial charge in [0.25, 0.3) is 0 Å². The zero-order chi connectivity index (χ0) is 23.6. The molecule has 5 rings (SSSR count). The van der Waals surface area contributed by atoms with Crippen LogP contribution < -0.4 is 9.30 Å². The number of ether oxygens (including phenoxy) is 1. The highest BCUT2D eigenvalue weighted by molar-refractivity contribution is 5.77.